The maximum absolute atomic E-state index is 13.4. The minimum atomic E-state index is -3.32. The fourth-order valence-electron chi connectivity index (χ4n) is 5.87. The van der Waals surface area contributed by atoms with Crippen molar-refractivity contribution in [2.45, 2.75) is 49.3 Å². The molecule has 0 radical (unpaired) electrons. The summed E-state index contributed by atoms with van der Waals surface area (Å²) in [4.78, 5) is 6.50. The van der Waals surface area contributed by atoms with Gasteiger partial charge in [0.2, 0.25) is 0 Å². The third-order valence-electron chi connectivity index (χ3n) is 8.18. The number of fused-ring (bicyclic) bond motifs is 1. The fraction of sp³-hybridized carbons (Fsp3) is 0.303. The Morgan fingerprint density at radius 1 is 0.902 bits per heavy atom. The Balaban J connectivity index is 1.07. The highest BCUT2D eigenvalue weighted by molar-refractivity contribution is 7.89. The van der Waals surface area contributed by atoms with Crippen molar-refractivity contribution in [1.82, 2.24) is 9.88 Å². The number of rotatable bonds is 7. The van der Waals surface area contributed by atoms with Crippen molar-refractivity contribution in [2.24, 2.45) is 0 Å². The molecule has 41 heavy (non-hydrogen) atoms. The van der Waals surface area contributed by atoms with Crippen LogP contribution in [0.3, 0.4) is 0 Å². The summed E-state index contributed by atoms with van der Waals surface area (Å²) in [5.41, 5.74) is 5.47. The van der Waals surface area contributed by atoms with Gasteiger partial charge in [-0.2, -0.15) is 0 Å². The van der Waals surface area contributed by atoms with Gasteiger partial charge in [0.05, 0.1) is 17.2 Å². The molecular weight excluding hydrogens is 559 g/mol. The number of ether oxygens (including phenoxy) is 1. The zero-order chi connectivity index (χ0) is 28.5. The predicted octanol–water partition coefficient (Wildman–Crippen LogP) is 7.02. The van der Waals surface area contributed by atoms with Gasteiger partial charge in [0.15, 0.2) is 9.84 Å². The van der Waals surface area contributed by atoms with Crippen molar-refractivity contribution in [1.29, 1.82) is 0 Å². The Morgan fingerprint density at radius 2 is 1.68 bits per heavy atom. The van der Waals surface area contributed by atoms with Crippen LogP contribution in [0, 0.1) is 5.82 Å². The van der Waals surface area contributed by atoms with Gasteiger partial charge in [-0.25, -0.2) is 12.8 Å². The van der Waals surface area contributed by atoms with Crippen molar-refractivity contribution >= 4 is 21.4 Å². The number of piperidine rings is 1. The van der Waals surface area contributed by atoms with Gasteiger partial charge < -0.3 is 4.74 Å². The molecule has 0 aliphatic carbocycles. The first-order valence-electron chi connectivity index (χ1n) is 13.9. The van der Waals surface area contributed by atoms with Crippen molar-refractivity contribution in [3.8, 4) is 16.9 Å². The first kappa shape index (κ1) is 27.9. The largest absolute Gasteiger partial charge is 0.487 e. The Kier molecular flexibility index (Phi) is 7.86. The molecule has 0 atom stereocenters. The molecule has 0 amide bonds. The minimum absolute atomic E-state index is 0.0155. The predicted molar refractivity (Wildman–Crippen MR) is 160 cm³/mol. The van der Waals surface area contributed by atoms with E-state index in [1.165, 1.54) is 17.7 Å². The molecule has 2 aliphatic rings. The number of aromatic nitrogens is 1. The topological polar surface area (TPSA) is 59.5 Å². The van der Waals surface area contributed by atoms with Gasteiger partial charge in [-0.3, -0.25) is 9.88 Å². The van der Waals surface area contributed by atoms with Gasteiger partial charge in [-0.15, -0.1) is 0 Å². The second kappa shape index (κ2) is 11.6. The minimum Gasteiger partial charge on any atom is -0.487 e. The van der Waals surface area contributed by atoms with E-state index in [1.54, 1.807) is 30.5 Å². The molecule has 0 N–H and O–H groups in total. The molecule has 1 fully saturated rings. The van der Waals surface area contributed by atoms with E-state index in [2.05, 4.69) is 28.1 Å². The van der Waals surface area contributed by atoms with E-state index in [0.717, 1.165) is 66.8 Å². The molecule has 0 unspecified atom stereocenters. The van der Waals surface area contributed by atoms with E-state index in [4.69, 9.17) is 16.3 Å². The molecule has 8 heteroatoms. The second-order valence-corrected chi connectivity index (χ2v) is 13.6. The lowest BCUT2D eigenvalue weighted by Gasteiger charge is -2.44. The quantitative estimate of drug-likeness (QED) is 0.232. The number of benzene rings is 3. The van der Waals surface area contributed by atoms with Crippen molar-refractivity contribution in [3.63, 3.8) is 0 Å². The summed E-state index contributed by atoms with van der Waals surface area (Å²) in [6.45, 7) is 2.53. The van der Waals surface area contributed by atoms with Crippen LogP contribution in [0.5, 0.6) is 5.75 Å². The Morgan fingerprint density at radius 3 is 2.41 bits per heavy atom. The van der Waals surface area contributed by atoms with E-state index in [-0.39, 0.29) is 22.9 Å². The maximum atomic E-state index is 13.4. The van der Waals surface area contributed by atoms with Crippen molar-refractivity contribution in [2.75, 3.05) is 13.1 Å². The third-order valence-corrected chi connectivity index (χ3v) is 10.0. The number of likely N-dealkylation sites (tertiary alicyclic amines) is 1. The zero-order valence-corrected chi connectivity index (χ0v) is 24.3. The summed E-state index contributed by atoms with van der Waals surface area (Å²) in [5.74, 6) is 0.557. The summed E-state index contributed by atoms with van der Waals surface area (Å²) in [6, 6.07) is 24.0. The smallest absolute Gasteiger partial charge is 0.160 e. The highest BCUT2D eigenvalue weighted by atomic mass is 35.5. The average molecular weight is 591 g/mol. The van der Waals surface area contributed by atoms with Crippen LogP contribution >= 0.6 is 11.6 Å². The molecule has 2 aliphatic heterocycles. The van der Waals surface area contributed by atoms with E-state index < -0.39 is 9.84 Å². The van der Waals surface area contributed by atoms with E-state index in [9.17, 15) is 12.8 Å². The van der Waals surface area contributed by atoms with Crippen LogP contribution in [0.25, 0.3) is 11.1 Å². The monoisotopic (exact) mass is 590 g/mol. The van der Waals surface area contributed by atoms with Crippen molar-refractivity contribution < 1.29 is 17.5 Å². The van der Waals surface area contributed by atoms with Gasteiger partial charge in [0.25, 0.3) is 0 Å². The summed E-state index contributed by atoms with van der Waals surface area (Å²) < 4.78 is 45.4. The molecule has 1 saturated heterocycles. The van der Waals surface area contributed by atoms with E-state index in [0.29, 0.717) is 17.3 Å². The first-order valence-corrected chi connectivity index (χ1v) is 16.1. The Bertz CT molecular complexity index is 1640. The number of hydrogen-bond donors (Lipinski definition) is 0. The van der Waals surface area contributed by atoms with Crippen LogP contribution in [-0.4, -0.2) is 37.0 Å². The van der Waals surface area contributed by atoms with Gasteiger partial charge in [-0.1, -0.05) is 54.1 Å². The number of halogens is 2. The number of nitrogens with zero attached hydrogens (tertiary/aromatic N) is 2. The van der Waals surface area contributed by atoms with Gasteiger partial charge >= 0.3 is 0 Å². The van der Waals surface area contributed by atoms with Crippen LogP contribution in [-0.2, 0) is 34.3 Å². The normalized spacial score (nSPS) is 16.7. The third kappa shape index (κ3) is 6.64. The Labute approximate surface area is 245 Å². The highest BCUT2D eigenvalue weighted by Crippen LogP contribution is 2.41. The van der Waals surface area contributed by atoms with Crippen LogP contribution in [0.2, 0.25) is 5.02 Å². The molecule has 5 nitrogen and oxygen atoms in total. The van der Waals surface area contributed by atoms with Gasteiger partial charge in [0.1, 0.15) is 17.2 Å². The fourth-order valence-corrected chi connectivity index (χ4v) is 7.52. The molecule has 212 valence electrons. The maximum Gasteiger partial charge on any atom is 0.160 e. The molecule has 1 spiro atoms. The molecule has 1 aromatic heterocycles. The van der Waals surface area contributed by atoms with Crippen LogP contribution < -0.4 is 4.74 Å². The molecule has 0 bridgehead atoms. The van der Waals surface area contributed by atoms with Crippen LogP contribution in [0.15, 0.2) is 85.1 Å². The molecular formula is C33H32ClFN2O3S. The molecule has 4 aromatic rings. The zero-order valence-electron chi connectivity index (χ0n) is 22.7. The Hall–Kier alpha value is -3.26. The number of aryl methyl sites for hydroxylation is 1. The van der Waals surface area contributed by atoms with Gasteiger partial charge in [0, 0.05) is 30.9 Å². The van der Waals surface area contributed by atoms with Gasteiger partial charge in [-0.05, 0) is 89.9 Å². The first-order chi connectivity index (χ1) is 19.8. The number of sulfone groups is 1. The van der Waals surface area contributed by atoms with Crippen LogP contribution in [0.4, 0.5) is 4.39 Å². The van der Waals surface area contributed by atoms with Crippen molar-refractivity contribution in [3.05, 3.63) is 118 Å². The summed E-state index contributed by atoms with van der Waals surface area (Å²) >= 11 is 6.25. The van der Waals surface area contributed by atoms with E-state index >= 15 is 0 Å². The summed E-state index contributed by atoms with van der Waals surface area (Å²) in [5, 5.41) is 0.476. The summed E-state index contributed by atoms with van der Waals surface area (Å²) in [6.07, 6.45) is 5.42. The summed E-state index contributed by atoms with van der Waals surface area (Å²) in [7, 11) is -3.32. The molecule has 3 heterocycles. The molecule has 3 aromatic carbocycles. The highest BCUT2D eigenvalue weighted by Gasteiger charge is 2.39. The standard InChI is InChI=1S/C33H32ClFN2O3S/c34-31-20-29(35)10-8-28(31)21-37-17-14-33(15-18-37)13-12-27-19-26(9-11-32(27)40-33)25-6-4-24(5-7-25)22-41(38,39)23-30-3-1-2-16-36-30/h1-11,16,19-20H,12-15,17-18,21-23H2. The van der Waals surface area contributed by atoms with E-state index in [1.807, 2.05) is 24.3 Å². The molecule has 0 saturated carbocycles. The van der Waals surface area contributed by atoms with Crippen LogP contribution in [0.1, 0.15) is 41.6 Å². The molecule has 6 rings (SSSR count). The lowest BCUT2D eigenvalue weighted by Crippen LogP contribution is -2.49. The lowest BCUT2D eigenvalue weighted by molar-refractivity contribution is -0.0163. The SMILES string of the molecule is O=S(=O)(Cc1ccc(-c2ccc3c(c2)CCC2(CCN(Cc4ccc(F)cc4Cl)CC2)O3)cc1)Cc1ccccn1. The average Bonchev–Trinajstić information content (AvgIpc) is 2.96. The number of hydrogen-bond acceptors (Lipinski definition) is 5. The second-order valence-electron chi connectivity index (χ2n) is 11.2. The lowest BCUT2D eigenvalue weighted by atomic mass is 9.82. The number of pyridine rings is 1.